The van der Waals surface area contributed by atoms with Gasteiger partial charge in [0, 0.05) is 5.92 Å². The van der Waals surface area contributed by atoms with E-state index in [9.17, 15) is 0 Å². The van der Waals surface area contributed by atoms with E-state index < -0.39 is 0 Å². The zero-order chi connectivity index (χ0) is 11.5. The van der Waals surface area contributed by atoms with Gasteiger partial charge in [-0.05, 0) is 28.6 Å². The van der Waals surface area contributed by atoms with Crippen molar-refractivity contribution in [1.82, 2.24) is 0 Å². The zero-order valence-electron chi connectivity index (χ0n) is 9.18. The summed E-state index contributed by atoms with van der Waals surface area (Å²) in [5.41, 5.74) is 0.816. The van der Waals surface area contributed by atoms with Gasteiger partial charge in [-0.2, -0.15) is 5.10 Å². The smallest absolute Gasteiger partial charge is 0.119 e. The highest BCUT2D eigenvalue weighted by Gasteiger charge is 2.11. The van der Waals surface area contributed by atoms with Crippen LogP contribution in [0, 0.1) is 5.92 Å². The van der Waals surface area contributed by atoms with Crippen molar-refractivity contribution < 1.29 is 4.74 Å². The standard InChI is InChI=1S/C13H14N2O/c1-3-9-6-10-4-5-12(16-2)7-11(10)8-13(9)15-14/h3-9H,1,14H2,2H3. The molecule has 2 rings (SSSR count). The number of rotatable bonds is 2. The normalized spacial score (nSPS) is 20.6. The van der Waals surface area contributed by atoms with Crippen LogP contribution in [0.15, 0.2) is 36.0 Å². The molecule has 3 nitrogen and oxygen atoms in total. The molecule has 1 aliphatic rings. The predicted molar refractivity (Wildman–Crippen MR) is 66.5 cm³/mol. The van der Waals surface area contributed by atoms with Gasteiger partial charge in [-0.15, -0.1) is 6.58 Å². The van der Waals surface area contributed by atoms with Crippen molar-refractivity contribution in [3.63, 3.8) is 0 Å². The van der Waals surface area contributed by atoms with E-state index in [1.807, 2.05) is 30.4 Å². The van der Waals surface area contributed by atoms with Crippen LogP contribution in [-0.2, 0) is 0 Å². The first-order valence-corrected chi connectivity index (χ1v) is 5.06. The summed E-state index contributed by atoms with van der Waals surface area (Å²) in [5.74, 6) is 6.27. The van der Waals surface area contributed by atoms with Crippen molar-refractivity contribution in [2.45, 2.75) is 0 Å². The van der Waals surface area contributed by atoms with Gasteiger partial charge in [-0.1, -0.05) is 18.2 Å². The fourth-order valence-corrected chi connectivity index (χ4v) is 1.80. The second-order valence-corrected chi connectivity index (χ2v) is 3.62. The summed E-state index contributed by atoms with van der Waals surface area (Å²) in [4.78, 5) is 0. The van der Waals surface area contributed by atoms with Gasteiger partial charge >= 0.3 is 0 Å². The van der Waals surface area contributed by atoms with Crippen molar-refractivity contribution in [2.75, 3.05) is 7.11 Å². The molecule has 0 heterocycles. The van der Waals surface area contributed by atoms with Gasteiger partial charge in [-0.3, -0.25) is 0 Å². The molecule has 1 unspecified atom stereocenters. The van der Waals surface area contributed by atoms with Gasteiger partial charge in [-0.25, -0.2) is 0 Å². The summed E-state index contributed by atoms with van der Waals surface area (Å²) >= 11 is 0. The first-order valence-electron chi connectivity index (χ1n) is 5.06. The molecule has 0 saturated carbocycles. The number of hydrogen-bond donors (Lipinski definition) is 1. The fourth-order valence-electron chi connectivity index (χ4n) is 1.80. The van der Waals surface area contributed by atoms with E-state index >= 15 is 0 Å². The highest BCUT2D eigenvalue weighted by Crippen LogP contribution is 2.09. The molecule has 0 spiro atoms. The third-order valence-electron chi connectivity index (χ3n) is 2.70. The van der Waals surface area contributed by atoms with Gasteiger partial charge < -0.3 is 10.6 Å². The number of ether oxygens (including phenoxy) is 1. The lowest BCUT2D eigenvalue weighted by Crippen LogP contribution is -2.32. The molecule has 0 aliphatic heterocycles. The monoisotopic (exact) mass is 214 g/mol. The number of hydrogen-bond acceptors (Lipinski definition) is 3. The average Bonchev–Trinajstić information content (AvgIpc) is 2.36. The summed E-state index contributed by atoms with van der Waals surface area (Å²) in [6.45, 7) is 3.78. The minimum atomic E-state index is 0.0888. The van der Waals surface area contributed by atoms with Crippen LogP contribution < -0.4 is 21.0 Å². The molecule has 0 amide bonds. The Kier molecular flexibility index (Phi) is 2.77. The summed E-state index contributed by atoms with van der Waals surface area (Å²) in [6.07, 6.45) is 5.88. The Balaban J connectivity index is 2.66. The topological polar surface area (TPSA) is 47.6 Å². The van der Waals surface area contributed by atoms with E-state index in [-0.39, 0.29) is 5.92 Å². The SMILES string of the molecule is C=CC1C=c2ccc(OC)cc2=CC1=NN. The third-order valence-corrected chi connectivity index (χ3v) is 2.70. The minimum Gasteiger partial charge on any atom is -0.497 e. The maximum Gasteiger partial charge on any atom is 0.119 e. The molecule has 1 aliphatic carbocycles. The van der Waals surface area contributed by atoms with Crippen LogP contribution in [0.4, 0.5) is 0 Å². The lowest BCUT2D eigenvalue weighted by Gasteiger charge is -2.11. The van der Waals surface area contributed by atoms with E-state index in [1.165, 1.54) is 0 Å². The molecule has 0 saturated heterocycles. The van der Waals surface area contributed by atoms with Crippen LogP contribution in [0.2, 0.25) is 0 Å². The lowest BCUT2D eigenvalue weighted by atomic mass is 9.95. The molecule has 1 atom stereocenters. The molecule has 0 radical (unpaired) electrons. The minimum absolute atomic E-state index is 0.0888. The molecule has 2 N–H and O–H groups in total. The summed E-state index contributed by atoms with van der Waals surface area (Å²) in [6, 6.07) is 5.93. The van der Waals surface area contributed by atoms with Crippen LogP contribution in [0.25, 0.3) is 12.2 Å². The van der Waals surface area contributed by atoms with Gasteiger partial charge in [0.15, 0.2) is 0 Å². The first kappa shape index (κ1) is 10.5. The molecule has 3 heteroatoms. The van der Waals surface area contributed by atoms with Crippen molar-refractivity contribution >= 4 is 17.9 Å². The van der Waals surface area contributed by atoms with Crippen LogP contribution >= 0.6 is 0 Å². The Hall–Kier alpha value is -2.03. The number of methoxy groups -OCH3 is 1. The molecule has 0 bridgehead atoms. The van der Waals surface area contributed by atoms with Crippen LogP contribution in [0.5, 0.6) is 5.75 Å². The van der Waals surface area contributed by atoms with Crippen molar-refractivity contribution in [1.29, 1.82) is 0 Å². The molecular formula is C13H14N2O. The molecule has 82 valence electrons. The van der Waals surface area contributed by atoms with Gasteiger partial charge in [0.1, 0.15) is 5.75 Å². The Morgan fingerprint density at radius 1 is 1.44 bits per heavy atom. The van der Waals surface area contributed by atoms with Crippen LogP contribution in [0.3, 0.4) is 0 Å². The van der Waals surface area contributed by atoms with Crippen molar-refractivity contribution in [3.8, 4) is 5.75 Å². The number of nitrogens with two attached hydrogens (primary N) is 1. The Bertz CT molecular complexity index is 558. The second-order valence-electron chi connectivity index (χ2n) is 3.62. The number of nitrogens with zero attached hydrogens (tertiary/aromatic N) is 1. The second kappa shape index (κ2) is 4.23. The summed E-state index contributed by atoms with van der Waals surface area (Å²) in [5, 5.41) is 5.99. The molecule has 1 aromatic rings. The highest BCUT2D eigenvalue weighted by atomic mass is 16.5. The molecule has 16 heavy (non-hydrogen) atoms. The number of fused-ring (bicyclic) bond motifs is 1. The Morgan fingerprint density at radius 2 is 2.25 bits per heavy atom. The number of hydrazone groups is 1. The van der Waals surface area contributed by atoms with Gasteiger partial charge in [0.2, 0.25) is 0 Å². The molecule has 0 fully saturated rings. The Labute approximate surface area is 94.2 Å². The third kappa shape index (κ3) is 1.72. The highest BCUT2D eigenvalue weighted by molar-refractivity contribution is 6.15. The molecule has 0 aromatic heterocycles. The van der Waals surface area contributed by atoms with Crippen molar-refractivity contribution in [2.24, 2.45) is 16.9 Å². The van der Waals surface area contributed by atoms with Gasteiger partial charge in [0.25, 0.3) is 0 Å². The van der Waals surface area contributed by atoms with Crippen LogP contribution in [0.1, 0.15) is 0 Å². The van der Waals surface area contributed by atoms with E-state index in [0.717, 1.165) is 21.9 Å². The Morgan fingerprint density at radius 3 is 2.88 bits per heavy atom. The van der Waals surface area contributed by atoms with Crippen LogP contribution in [-0.4, -0.2) is 12.8 Å². The first-order chi connectivity index (χ1) is 7.78. The number of allylic oxidation sites excluding steroid dienone is 1. The van der Waals surface area contributed by atoms with Gasteiger partial charge in [0.05, 0.1) is 12.8 Å². The average molecular weight is 214 g/mol. The van der Waals surface area contributed by atoms with E-state index in [1.54, 1.807) is 7.11 Å². The van der Waals surface area contributed by atoms with Crippen molar-refractivity contribution in [3.05, 3.63) is 41.3 Å². The maximum atomic E-state index is 5.35. The molecule has 1 aromatic carbocycles. The predicted octanol–water partition coefficient (Wildman–Crippen LogP) is 0.387. The van der Waals surface area contributed by atoms with E-state index in [0.29, 0.717) is 0 Å². The largest absolute Gasteiger partial charge is 0.497 e. The summed E-state index contributed by atoms with van der Waals surface area (Å²) in [7, 11) is 1.65. The molecular weight excluding hydrogens is 200 g/mol. The zero-order valence-corrected chi connectivity index (χ0v) is 9.18. The lowest BCUT2D eigenvalue weighted by molar-refractivity contribution is 0.414. The maximum absolute atomic E-state index is 5.35. The van der Waals surface area contributed by atoms with E-state index in [2.05, 4.69) is 17.8 Å². The van der Waals surface area contributed by atoms with E-state index in [4.69, 9.17) is 10.6 Å². The fraction of sp³-hybridized carbons (Fsp3) is 0.154. The summed E-state index contributed by atoms with van der Waals surface area (Å²) < 4.78 is 5.18. The quantitative estimate of drug-likeness (QED) is 0.440. The number of benzene rings is 1.